The van der Waals surface area contributed by atoms with Crippen molar-refractivity contribution in [3.8, 4) is 0 Å². The van der Waals surface area contributed by atoms with Crippen molar-refractivity contribution in [3.05, 3.63) is 83.9 Å². The van der Waals surface area contributed by atoms with Crippen LogP contribution in [0.1, 0.15) is 42.9 Å². The van der Waals surface area contributed by atoms with Crippen molar-refractivity contribution in [2.45, 2.75) is 31.7 Å². The average Bonchev–Trinajstić information content (AvgIpc) is 3.36. The Morgan fingerprint density at radius 2 is 1.65 bits per heavy atom. The van der Waals surface area contributed by atoms with Gasteiger partial charge in [-0.15, -0.1) is 0 Å². The zero-order valence-electron chi connectivity index (χ0n) is 19.1. The van der Waals surface area contributed by atoms with Gasteiger partial charge >= 0.3 is 0 Å². The van der Waals surface area contributed by atoms with Gasteiger partial charge in [0.15, 0.2) is 0 Å². The van der Waals surface area contributed by atoms with Crippen molar-refractivity contribution < 1.29 is 4.79 Å². The third-order valence-electron chi connectivity index (χ3n) is 7.27. The molecule has 34 heavy (non-hydrogen) atoms. The van der Waals surface area contributed by atoms with Crippen LogP contribution >= 0.6 is 0 Å². The number of fused-ring (bicyclic) bond motifs is 2. The maximum atomic E-state index is 14.0. The van der Waals surface area contributed by atoms with Gasteiger partial charge in [0.2, 0.25) is 5.91 Å². The molecule has 2 atom stereocenters. The lowest BCUT2D eigenvalue weighted by Gasteiger charge is -2.37. The molecule has 0 N–H and O–H groups in total. The van der Waals surface area contributed by atoms with Crippen LogP contribution in [0, 0.1) is 5.92 Å². The number of piperidine rings is 1. The van der Waals surface area contributed by atoms with Gasteiger partial charge < -0.3 is 4.90 Å². The summed E-state index contributed by atoms with van der Waals surface area (Å²) in [7, 11) is 0. The summed E-state index contributed by atoms with van der Waals surface area (Å²) in [6, 6.07) is 24.7. The average molecular weight is 451 g/mol. The van der Waals surface area contributed by atoms with Crippen LogP contribution in [0.5, 0.6) is 0 Å². The molecule has 6 rings (SSSR count). The van der Waals surface area contributed by atoms with Gasteiger partial charge in [-0.2, -0.15) is 0 Å². The molecule has 7 nitrogen and oxygen atoms in total. The number of nitrogens with zero attached hydrogens (tertiary/aromatic N) is 6. The Morgan fingerprint density at radius 3 is 2.47 bits per heavy atom. The second-order valence-electron chi connectivity index (χ2n) is 9.18. The number of carbonyl (C=O) groups excluding carboxylic acids is 1. The number of benzene rings is 3. The summed E-state index contributed by atoms with van der Waals surface area (Å²) in [5.74, 6) is 0.593. The fourth-order valence-electron chi connectivity index (χ4n) is 5.53. The molecule has 0 radical (unpaired) electrons. The van der Waals surface area contributed by atoms with Gasteiger partial charge in [0, 0.05) is 18.8 Å². The Kier molecular flexibility index (Phi) is 5.17. The number of rotatable bonds is 3. The van der Waals surface area contributed by atoms with Crippen molar-refractivity contribution in [3.63, 3.8) is 0 Å². The Hall–Kier alpha value is -3.87. The first-order chi connectivity index (χ1) is 16.7. The molecule has 3 heterocycles. The normalized spacial score (nSPS) is 20.7. The van der Waals surface area contributed by atoms with E-state index in [0.717, 1.165) is 48.0 Å². The molecule has 7 heteroatoms. The van der Waals surface area contributed by atoms with E-state index in [-0.39, 0.29) is 11.9 Å². The summed E-state index contributed by atoms with van der Waals surface area (Å²) in [6.45, 7) is 3.41. The number of hydrogen-bond acceptors (Lipinski definition) is 5. The molecule has 4 aromatic rings. The molecular weight excluding hydrogens is 424 g/mol. The quantitative estimate of drug-likeness (QED) is 0.459. The van der Waals surface area contributed by atoms with Crippen molar-refractivity contribution in [1.82, 2.24) is 25.1 Å². The monoisotopic (exact) mass is 450 g/mol. The molecule has 1 fully saturated rings. The van der Waals surface area contributed by atoms with Crippen molar-refractivity contribution in [2.24, 2.45) is 10.9 Å². The molecule has 0 aliphatic carbocycles. The smallest absolute Gasteiger partial charge is 0.269 e. The third kappa shape index (κ3) is 3.48. The van der Waals surface area contributed by atoms with Gasteiger partial charge in [-0.3, -0.25) is 4.79 Å². The molecule has 0 spiro atoms. The number of amides is 1. The van der Waals surface area contributed by atoms with Crippen LogP contribution < -0.4 is 0 Å². The number of tetrazole rings is 1. The van der Waals surface area contributed by atoms with Crippen LogP contribution in [0.25, 0.3) is 10.8 Å². The van der Waals surface area contributed by atoms with E-state index in [1.807, 2.05) is 36.1 Å². The second-order valence-corrected chi connectivity index (χ2v) is 9.18. The van der Waals surface area contributed by atoms with Gasteiger partial charge in [0.1, 0.15) is 12.0 Å². The highest BCUT2D eigenvalue weighted by Crippen LogP contribution is 2.39. The minimum Gasteiger partial charge on any atom is -0.342 e. The van der Waals surface area contributed by atoms with Crippen LogP contribution in [0.15, 0.2) is 77.8 Å². The van der Waals surface area contributed by atoms with Gasteiger partial charge in [0.25, 0.3) is 5.95 Å². The van der Waals surface area contributed by atoms with Crippen molar-refractivity contribution in [2.75, 3.05) is 13.1 Å². The molecule has 2 aliphatic heterocycles. The zero-order chi connectivity index (χ0) is 23.1. The number of aliphatic imine (C=N–C) groups is 1. The molecule has 0 saturated carbocycles. The summed E-state index contributed by atoms with van der Waals surface area (Å²) >= 11 is 0. The summed E-state index contributed by atoms with van der Waals surface area (Å²) in [5, 5.41) is 14.5. The maximum Gasteiger partial charge on any atom is 0.269 e. The molecular formula is C27H26N6O. The minimum atomic E-state index is -0.449. The highest BCUT2D eigenvalue weighted by molar-refractivity contribution is 6.06. The second kappa shape index (κ2) is 8.48. The van der Waals surface area contributed by atoms with E-state index in [0.29, 0.717) is 11.9 Å². The third-order valence-corrected chi connectivity index (χ3v) is 7.27. The van der Waals surface area contributed by atoms with Crippen LogP contribution in [0.3, 0.4) is 0 Å². The fraction of sp³-hybridized carbons (Fsp3) is 0.296. The zero-order valence-corrected chi connectivity index (χ0v) is 19.1. The minimum absolute atomic E-state index is 0.104. The number of carbonyl (C=O) groups is 1. The Morgan fingerprint density at radius 1 is 0.912 bits per heavy atom. The lowest BCUT2D eigenvalue weighted by Crippen LogP contribution is -2.47. The number of aromatic nitrogens is 4. The summed E-state index contributed by atoms with van der Waals surface area (Å²) in [4.78, 5) is 20.6. The van der Waals surface area contributed by atoms with Crippen molar-refractivity contribution in [1.29, 1.82) is 0 Å². The maximum absolute atomic E-state index is 14.0. The van der Waals surface area contributed by atoms with Crippen LogP contribution in [-0.2, 0) is 4.79 Å². The van der Waals surface area contributed by atoms with E-state index in [1.165, 1.54) is 5.56 Å². The molecule has 2 unspecified atom stereocenters. The van der Waals surface area contributed by atoms with E-state index in [1.54, 1.807) is 4.68 Å². The first-order valence-electron chi connectivity index (χ1n) is 11.8. The topological polar surface area (TPSA) is 76.3 Å². The summed E-state index contributed by atoms with van der Waals surface area (Å²) in [6.07, 6.45) is 1.93. The molecule has 2 aliphatic rings. The molecule has 1 saturated heterocycles. The molecule has 170 valence electrons. The first kappa shape index (κ1) is 20.7. The van der Waals surface area contributed by atoms with E-state index in [4.69, 9.17) is 0 Å². The standard InChI is InChI=1S/C27H26N6O/c1-18-24(26(34)32-16-14-20(15-17-32)19-8-3-2-4-9-19)25(33-27(28-18)29-30-31-33)23-13-7-11-21-10-5-6-12-22(21)23/h2-13,20,24-25H,14-17H2,1H3. The van der Waals surface area contributed by atoms with Gasteiger partial charge in [-0.1, -0.05) is 77.9 Å². The fourth-order valence-corrected chi connectivity index (χ4v) is 5.53. The van der Waals surface area contributed by atoms with Gasteiger partial charge in [-0.05, 0) is 58.0 Å². The SMILES string of the molecule is CC1=Nc2nnnn2C(c2cccc3ccccc23)C1C(=O)N1CCC(c2ccccc2)CC1. The molecule has 1 amide bonds. The van der Waals surface area contributed by atoms with E-state index in [2.05, 4.69) is 69.0 Å². The Balaban J connectivity index is 1.35. The molecule has 3 aromatic carbocycles. The summed E-state index contributed by atoms with van der Waals surface area (Å²) in [5.41, 5.74) is 3.16. The Bertz CT molecular complexity index is 1360. The van der Waals surface area contributed by atoms with Gasteiger partial charge in [0.05, 0.1) is 0 Å². The van der Waals surface area contributed by atoms with Crippen LogP contribution in [0.4, 0.5) is 5.95 Å². The Labute approximate surface area is 198 Å². The van der Waals surface area contributed by atoms with Crippen molar-refractivity contribution >= 4 is 28.3 Å². The molecule has 1 aromatic heterocycles. The first-order valence-corrected chi connectivity index (χ1v) is 11.8. The number of hydrogen-bond donors (Lipinski definition) is 0. The predicted molar refractivity (Wildman–Crippen MR) is 131 cm³/mol. The summed E-state index contributed by atoms with van der Waals surface area (Å²) < 4.78 is 1.72. The molecule has 0 bridgehead atoms. The van der Waals surface area contributed by atoms with Crippen LogP contribution in [-0.4, -0.2) is 49.8 Å². The predicted octanol–water partition coefficient (Wildman–Crippen LogP) is 4.54. The van der Waals surface area contributed by atoms with E-state index in [9.17, 15) is 4.79 Å². The highest BCUT2D eigenvalue weighted by Gasteiger charge is 2.42. The lowest BCUT2D eigenvalue weighted by molar-refractivity contribution is -0.135. The van der Waals surface area contributed by atoms with E-state index < -0.39 is 5.92 Å². The van der Waals surface area contributed by atoms with E-state index >= 15 is 0 Å². The highest BCUT2D eigenvalue weighted by atomic mass is 16.2. The van der Waals surface area contributed by atoms with Crippen LogP contribution in [0.2, 0.25) is 0 Å². The number of likely N-dealkylation sites (tertiary alicyclic amines) is 1. The largest absolute Gasteiger partial charge is 0.342 e. The lowest BCUT2D eigenvalue weighted by atomic mass is 9.83. The van der Waals surface area contributed by atoms with Gasteiger partial charge in [-0.25, -0.2) is 9.67 Å².